The Bertz CT molecular complexity index is 695. The zero-order chi connectivity index (χ0) is 17.5. The third-order valence-electron chi connectivity index (χ3n) is 3.81. The minimum Gasteiger partial charge on any atom is -0.492 e. The van der Waals surface area contributed by atoms with Crippen LogP contribution in [-0.2, 0) is 17.6 Å². The van der Waals surface area contributed by atoms with Crippen molar-refractivity contribution >= 4 is 50.1 Å². The van der Waals surface area contributed by atoms with E-state index in [1.165, 1.54) is 5.56 Å². The molecule has 128 valence electrons. The number of alkyl halides is 1. The fraction of sp³-hybridized carbons (Fsp3) is 0.333. The molecule has 1 aromatic heterocycles. The summed E-state index contributed by atoms with van der Waals surface area (Å²) in [6.45, 7) is 2.96. The highest BCUT2D eigenvalue weighted by molar-refractivity contribution is 14.1. The van der Waals surface area contributed by atoms with Gasteiger partial charge in [-0.1, -0.05) is 22.6 Å². The standard InChI is InChI=1S/C17H17BrN2O2.CH3I/c1-12(21)20-8-4-14-10-17(15(18)11-16(14)20)22-9-5-13-2-6-19-7-3-13;1-2/h2-3,6-7,10-11H,4-5,8-9H2,1H3;1H3. The third-order valence-corrected chi connectivity index (χ3v) is 4.43. The van der Waals surface area contributed by atoms with Crippen LogP contribution < -0.4 is 9.64 Å². The van der Waals surface area contributed by atoms with Gasteiger partial charge in [-0.25, -0.2) is 0 Å². The molecule has 2 aromatic rings. The normalized spacial score (nSPS) is 12.2. The minimum atomic E-state index is 0.0806. The zero-order valence-corrected chi connectivity index (χ0v) is 17.5. The monoisotopic (exact) mass is 502 g/mol. The summed E-state index contributed by atoms with van der Waals surface area (Å²) in [6.07, 6.45) is 5.29. The fourth-order valence-electron chi connectivity index (χ4n) is 2.66. The van der Waals surface area contributed by atoms with Crippen LogP contribution in [0.4, 0.5) is 5.69 Å². The number of halogens is 2. The molecule has 0 N–H and O–H groups in total. The summed E-state index contributed by atoms with van der Waals surface area (Å²) in [5, 5.41) is 0. The van der Waals surface area contributed by atoms with Gasteiger partial charge in [0.2, 0.25) is 5.91 Å². The van der Waals surface area contributed by atoms with Crippen LogP contribution in [0.1, 0.15) is 18.1 Å². The van der Waals surface area contributed by atoms with E-state index in [-0.39, 0.29) is 5.91 Å². The van der Waals surface area contributed by atoms with Gasteiger partial charge < -0.3 is 9.64 Å². The van der Waals surface area contributed by atoms with Crippen LogP contribution in [0.15, 0.2) is 41.1 Å². The Balaban J connectivity index is 0.00000100. The quantitative estimate of drug-likeness (QED) is 0.459. The van der Waals surface area contributed by atoms with Gasteiger partial charge in [0, 0.05) is 38.0 Å². The van der Waals surface area contributed by atoms with E-state index < -0.39 is 0 Å². The summed E-state index contributed by atoms with van der Waals surface area (Å²) >= 11 is 5.69. The van der Waals surface area contributed by atoms with Crippen molar-refractivity contribution in [2.45, 2.75) is 19.8 Å². The van der Waals surface area contributed by atoms with Crippen LogP contribution in [0.5, 0.6) is 5.75 Å². The number of rotatable bonds is 4. The summed E-state index contributed by atoms with van der Waals surface area (Å²) in [6, 6.07) is 8.00. The molecular weight excluding hydrogens is 483 g/mol. The molecule has 2 heterocycles. The maximum atomic E-state index is 11.6. The molecule has 0 unspecified atom stereocenters. The molecule has 0 aliphatic carbocycles. The van der Waals surface area contributed by atoms with Gasteiger partial charge >= 0.3 is 0 Å². The summed E-state index contributed by atoms with van der Waals surface area (Å²) < 4.78 is 6.77. The van der Waals surface area contributed by atoms with E-state index in [9.17, 15) is 4.79 Å². The average molecular weight is 503 g/mol. The Morgan fingerprint density at radius 1 is 1.33 bits per heavy atom. The summed E-state index contributed by atoms with van der Waals surface area (Å²) in [7, 11) is 0. The van der Waals surface area contributed by atoms with Crippen molar-refractivity contribution < 1.29 is 9.53 Å². The molecule has 0 saturated carbocycles. The number of hydrogen-bond donors (Lipinski definition) is 0. The number of amides is 1. The van der Waals surface area contributed by atoms with Gasteiger partial charge in [0.1, 0.15) is 5.75 Å². The number of carbonyl (C=O) groups excluding carboxylic acids is 1. The highest BCUT2D eigenvalue weighted by atomic mass is 127. The first kappa shape index (κ1) is 19.2. The first-order chi connectivity index (χ1) is 11.6. The van der Waals surface area contributed by atoms with E-state index in [2.05, 4.69) is 43.5 Å². The number of pyridine rings is 1. The predicted octanol–water partition coefficient (Wildman–Crippen LogP) is 4.43. The number of fused-ring (bicyclic) bond motifs is 1. The van der Waals surface area contributed by atoms with Gasteiger partial charge in [0.15, 0.2) is 0 Å². The Morgan fingerprint density at radius 3 is 2.71 bits per heavy atom. The lowest BCUT2D eigenvalue weighted by molar-refractivity contribution is -0.116. The Hall–Kier alpha value is -1.15. The van der Waals surface area contributed by atoms with Crippen molar-refractivity contribution in [2.24, 2.45) is 0 Å². The molecule has 0 saturated heterocycles. The van der Waals surface area contributed by atoms with E-state index >= 15 is 0 Å². The van der Waals surface area contributed by atoms with Crippen molar-refractivity contribution in [2.75, 3.05) is 23.0 Å². The predicted molar refractivity (Wildman–Crippen MR) is 109 cm³/mol. The van der Waals surface area contributed by atoms with Gasteiger partial charge in [0.05, 0.1) is 11.1 Å². The molecule has 1 amide bonds. The van der Waals surface area contributed by atoms with Crippen LogP contribution in [0.3, 0.4) is 0 Å². The molecule has 4 nitrogen and oxygen atoms in total. The van der Waals surface area contributed by atoms with Crippen molar-refractivity contribution in [1.82, 2.24) is 4.98 Å². The van der Waals surface area contributed by atoms with Crippen LogP contribution in [0.25, 0.3) is 0 Å². The smallest absolute Gasteiger partial charge is 0.223 e. The maximum Gasteiger partial charge on any atom is 0.223 e. The van der Waals surface area contributed by atoms with Gasteiger partial charge in [-0.15, -0.1) is 0 Å². The minimum absolute atomic E-state index is 0.0806. The first-order valence-electron chi connectivity index (χ1n) is 7.65. The van der Waals surface area contributed by atoms with E-state index in [1.807, 2.05) is 29.2 Å². The Labute approximate surface area is 164 Å². The average Bonchev–Trinajstić information content (AvgIpc) is 3.00. The van der Waals surface area contributed by atoms with Gasteiger partial charge in [-0.05, 0) is 62.7 Å². The van der Waals surface area contributed by atoms with Crippen LogP contribution in [0.2, 0.25) is 0 Å². The summed E-state index contributed by atoms with van der Waals surface area (Å²) in [5.74, 6) is 0.912. The molecule has 0 spiro atoms. The number of ether oxygens (including phenoxy) is 1. The molecule has 1 aromatic carbocycles. The molecule has 6 heteroatoms. The third kappa shape index (κ3) is 4.69. The summed E-state index contributed by atoms with van der Waals surface area (Å²) in [5.41, 5.74) is 3.35. The van der Waals surface area contributed by atoms with E-state index in [4.69, 9.17) is 4.74 Å². The zero-order valence-electron chi connectivity index (χ0n) is 13.8. The lowest BCUT2D eigenvalue weighted by Crippen LogP contribution is -2.25. The number of hydrogen-bond acceptors (Lipinski definition) is 3. The van der Waals surface area contributed by atoms with E-state index in [1.54, 1.807) is 24.2 Å². The van der Waals surface area contributed by atoms with Crippen molar-refractivity contribution in [3.05, 3.63) is 52.3 Å². The molecule has 24 heavy (non-hydrogen) atoms. The molecule has 0 atom stereocenters. The second-order valence-electron chi connectivity index (χ2n) is 5.29. The highest BCUT2D eigenvalue weighted by Crippen LogP contribution is 2.37. The van der Waals surface area contributed by atoms with Crippen molar-refractivity contribution in [3.8, 4) is 5.75 Å². The number of aromatic nitrogens is 1. The lowest BCUT2D eigenvalue weighted by Gasteiger charge is -2.16. The molecule has 3 rings (SSSR count). The number of benzene rings is 1. The summed E-state index contributed by atoms with van der Waals surface area (Å²) in [4.78, 5) is 19.4. The van der Waals surface area contributed by atoms with Gasteiger partial charge in [-0.2, -0.15) is 0 Å². The molecule has 0 radical (unpaired) electrons. The van der Waals surface area contributed by atoms with Crippen molar-refractivity contribution in [1.29, 1.82) is 0 Å². The fourth-order valence-corrected chi connectivity index (χ4v) is 3.10. The molecular formula is C18H20BrIN2O2. The van der Waals surface area contributed by atoms with E-state index in [0.29, 0.717) is 6.61 Å². The molecule has 0 bridgehead atoms. The van der Waals surface area contributed by atoms with E-state index in [0.717, 1.165) is 40.9 Å². The van der Waals surface area contributed by atoms with Crippen molar-refractivity contribution in [3.63, 3.8) is 0 Å². The topological polar surface area (TPSA) is 42.4 Å². The molecule has 1 aliphatic heterocycles. The second-order valence-corrected chi connectivity index (χ2v) is 6.14. The SMILES string of the molecule is CC(=O)N1CCc2cc(OCCc3ccncc3)c(Br)cc21.CI. The molecule has 0 fully saturated rings. The Kier molecular flexibility index (Phi) is 7.48. The van der Waals surface area contributed by atoms with Crippen LogP contribution in [0, 0.1) is 0 Å². The van der Waals surface area contributed by atoms with Gasteiger partial charge in [-0.3, -0.25) is 9.78 Å². The highest BCUT2D eigenvalue weighted by Gasteiger charge is 2.23. The van der Waals surface area contributed by atoms with Gasteiger partial charge in [0.25, 0.3) is 0 Å². The van der Waals surface area contributed by atoms with Crippen LogP contribution >= 0.6 is 38.5 Å². The maximum absolute atomic E-state index is 11.6. The first-order valence-corrected chi connectivity index (χ1v) is 10.6. The lowest BCUT2D eigenvalue weighted by atomic mass is 10.1. The number of nitrogens with zero attached hydrogens (tertiary/aromatic N) is 2. The molecule has 1 aliphatic rings. The second kappa shape index (κ2) is 9.36. The Morgan fingerprint density at radius 2 is 2.04 bits per heavy atom. The number of carbonyl (C=O) groups is 1. The number of anilines is 1. The largest absolute Gasteiger partial charge is 0.492 e. The van der Waals surface area contributed by atoms with Crippen LogP contribution in [-0.4, -0.2) is 29.0 Å².